The molecular formula is C60H37N7S. The molecule has 4 aromatic heterocycles. The second-order valence-electron chi connectivity index (χ2n) is 16.7. The third kappa shape index (κ3) is 6.90. The van der Waals surface area contributed by atoms with Gasteiger partial charge in [0.05, 0.1) is 16.7 Å². The molecule has 0 atom stereocenters. The van der Waals surface area contributed by atoms with Crippen LogP contribution in [0, 0.1) is 0 Å². The Balaban J connectivity index is 1.06. The molecule has 0 bridgehead atoms. The lowest BCUT2D eigenvalue weighted by molar-refractivity contribution is 1.06. The summed E-state index contributed by atoms with van der Waals surface area (Å²) in [7, 11) is 0. The van der Waals surface area contributed by atoms with Crippen LogP contribution in [0.15, 0.2) is 224 Å². The van der Waals surface area contributed by atoms with Gasteiger partial charge in [-0.15, -0.1) is 11.3 Å². The van der Waals surface area contributed by atoms with E-state index in [2.05, 4.69) is 132 Å². The summed E-state index contributed by atoms with van der Waals surface area (Å²) < 4.78 is 4.85. The van der Waals surface area contributed by atoms with Crippen molar-refractivity contribution in [1.82, 2.24) is 34.5 Å². The van der Waals surface area contributed by atoms with E-state index in [9.17, 15) is 0 Å². The zero-order valence-corrected chi connectivity index (χ0v) is 37.2. The molecule has 0 aliphatic heterocycles. The Kier molecular flexibility index (Phi) is 9.54. The molecule has 13 aromatic rings. The molecule has 0 saturated heterocycles. The highest BCUT2D eigenvalue weighted by molar-refractivity contribution is 7.26. The Hall–Kier alpha value is -8.98. The monoisotopic (exact) mass is 887 g/mol. The molecule has 0 unspecified atom stereocenters. The first kappa shape index (κ1) is 39.4. The van der Waals surface area contributed by atoms with Crippen molar-refractivity contribution in [2.75, 3.05) is 0 Å². The minimum absolute atomic E-state index is 0.577. The first-order valence-corrected chi connectivity index (χ1v) is 23.3. The highest BCUT2D eigenvalue weighted by atomic mass is 32.1. The summed E-state index contributed by atoms with van der Waals surface area (Å²) in [5, 5.41) is 4.67. The van der Waals surface area contributed by atoms with Crippen molar-refractivity contribution < 1.29 is 0 Å². The van der Waals surface area contributed by atoms with Crippen molar-refractivity contribution in [2.24, 2.45) is 0 Å². The van der Waals surface area contributed by atoms with Crippen molar-refractivity contribution in [3.8, 4) is 85.1 Å². The predicted octanol–water partition coefficient (Wildman–Crippen LogP) is 15.2. The van der Waals surface area contributed by atoms with E-state index in [1.165, 1.54) is 20.2 Å². The third-order valence-corrected chi connectivity index (χ3v) is 13.7. The summed E-state index contributed by atoms with van der Waals surface area (Å²) >= 11 is 1.83. The molecule has 0 saturated carbocycles. The van der Waals surface area contributed by atoms with Crippen LogP contribution in [0.1, 0.15) is 0 Å². The maximum absolute atomic E-state index is 5.33. The molecule has 4 heterocycles. The van der Waals surface area contributed by atoms with Gasteiger partial charge in [0.2, 0.25) is 0 Å². The first-order chi connectivity index (χ1) is 33.7. The molecule has 0 aliphatic rings. The molecule has 0 spiro atoms. The minimum atomic E-state index is 0.577. The molecule has 0 N–H and O–H groups in total. The van der Waals surface area contributed by atoms with E-state index in [1.54, 1.807) is 0 Å². The van der Waals surface area contributed by atoms with Crippen molar-refractivity contribution in [3.63, 3.8) is 0 Å². The normalized spacial score (nSPS) is 11.5. The minimum Gasteiger partial charge on any atom is -0.309 e. The van der Waals surface area contributed by atoms with E-state index < -0.39 is 0 Å². The van der Waals surface area contributed by atoms with Crippen LogP contribution in [0.5, 0.6) is 0 Å². The lowest BCUT2D eigenvalue weighted by Crippen LogP contribution is -2.04. The Bertz CT molecular complexity index is 3900. The fourth-order valence-corrected chi connectivity index (χ4v) is 10.5. The van der Waals surface area contributed by atoms with E-state index in [0.717, 1.165) is 72.0 Å². The van der Waals surface area contributed by atoms with Crippen LogP contribution in [-0.2, 0) is 0 Å². The number of fused-ring (bicyclic) bond motifs is 6. The van der Waals surface area contributed by atoms with Gasteiger partial charge >= 0.3 is 0 Å². The smallest absolute Gasteiger partial charge is 0.166 e. The van der Waals surface area contributed by atoms with Crippen LogP contribution in [0.25, 0.3) is 127 Å². The molecule has 0 fully saturated rings. The predicted molar refractivity (Wildman–Crippen MR) is 278 cm³/mol. The second-order valence-corrected chi connectivity index (χ2v) is 17.7. The average Bonchev–Trinajstić information content (AvgIpc) is 3.97. The molecule has 0 aliphatic carbocycles. The number of aromatic nitrogens is 7. The second kappa shape index (κ2) is 16.5. The SMILES string of the molecule is c1ccc(-c2nc(-c3ccccc3)nc(-c3ccc4c(c3)c3ccccc3n4-c3ccc(-c4cccc5c4sc4ccccc45)cc3-c3nc(-c4ccccc4)nc(-c4ccccc4)n3)n2)cc1. The maximum Gasteiger partial charge on any atom is 0.166 e. The van der Waals surface area contributed by atoms with E-state index in [1.807, 2.05) is 108 Å². The lowest BCUT2D eigenvalue weighted by atomic mass is 9.99. The quantitative estimate of drug-likeness (QED) is 0.151. The van der Waals surface area contributed by atoms with Gasteiger partial charge in [-0.2, -0.15) is 0 Å². The van der Waals surface area contributed by atoms with Crippen LogP contribution in [0.3, 0.4) is 0 Å². The number of rotatable bonds is 8. The number of thiophene rings is 1. The average molecular weight is 888 g/mol. The van der Waals surface area contributed by atoms with E-state index in [0.29, 0.717) is 34.9 Å². The molecule has 68 heavy (non-hydrogen) atoms. The molecule has 8 heteroatoms. The molecule has 13 rings (SSSR count). The molecule has 318 valence electrons. The Morgan fingerprint density at radius 2 is 0.735 bits per heavy atom. The lowest BCUT2D eigenvalue weighted by Gasteiger charge is -2.16. The van der Waals surface area contributed by atoms with Crippen molar-refractivity contribution in [1.29, 1.82) is 0 Å². The van der Waals surface area contributed by atoms with Crippen molar-refractivity contribution in [2.45, 2.75) is 0 Å². The largest absolute Gasteiger partial charge is 0.309 e. The van der Waals surface area contributed by atoms with E-state index in [4.69, 9.17) is 29.9 Å². The summed E-state index contributed by atoms with van der Waals surface area (Å²) in [6.45, 7) is 0. The molecule has 0 amide bonds. The summed E-state index contributed by atoms with van der Waals surface area (Å²) in [5.41, 5.74) is 10.7. The van der Waals surface area contributed by atoms with Gasteiger partial charge in [-0.1, -0.05) is 182 Å². The Labute approximate surface area is 395 Å². The standard InChI is InChI=1S/C60H37N7S/c1-5-18-38(19-6-1)55-61-56(39-20-7-2-8-21-39)64-59(63-55)43-33-35-51-48(37-43)45-26-13-15-30-50(45)67(51)52-34-32-42(44-28-17-29-47-46-27-14-16-31-53(46)68-54(44)47)36-49(52)60-65-57(40-22-9-3-10-23-40)62-58(66-60)41-24-11-4-12-25-41/h1-37H. The van der Waals surface area contributed by atoms with E-state index in [-0.39, 0.29) is 0 Å². The van der Waals surface area contributed by atoms with Gasteiger partial charge < -0.3 is 4.57 Å². The number of para-hydroxylation sites is 1. The van der Waals surface area contributed by atoms with Crippen LogP contribution < -0.4 is 0 Å². The molecule has 7 nitrogen and oxygen atoms in total. The summed E-state index contributed by atoms with van der Waals surface area (Å²) in [6.07, 6.45) is 0. The fourth-order valence-electron chi connectivity index (χ4n) is 9.29. The van der Waals surface area contributed by atoms with Gasteiger partial charge in [0.1, 0.15) is 0 Å². The van der Waals surface area contributed by atoms with E-state index >= 15 is 0 Å². The fraction of sp³-hybridized carbons (Fsp3) is 0. The van der Waals surface area contributed by atoms with Gasteiger partial charge in [0.25, 0.3) is 0 Å². The van der Waals surface area contributed by atoms with Gasteiger partial charge in [-0.05, 0) is 53.6 Å². The van der Waals surface area contributed by atoms with Gasteiger partial charge in [0, 0.05) is 64.3 Å². The highest BCUT2D eigenvalue weighted by Gasteiger charge is 2.22. The summed E-state index contributed by atoms with van der Waals surface area (Å²) in [6, 6.07) is 77.6. The highest BCUT2D eigenvalue weighted by Crippen LogP contribution is 2.43. The topological polar surface area (TPSA) is 82.3 Å². The summed E-state index contributed by atoms with van der Waals surface area (Å²) in [4.78, 5) is 30.9. The van der Waals surface area contributed by atoms with Gasteiger partial charge in [0.15, 0.2) is 34.9 Å². The van der Waals surface area contributed by atoms with Gasteiger partial charge in [-0.3, -0.25) is 0 Å². The van der Waals surface area contributed by atoms with Crippen LogP contribution in [-0.4, -0.2) is 34.5 Å². The number of hydrogen-bond acceptors (Lipinski definition) is 7. The van der Waals surface area contributed by atoms with Crippen LogP contribution in [0.4, 0.5) is 0 Å². The van der Waals surface area contributed by atoms with Crippen LogP contribution in [0.2, 0.25) is 0 Å². The molecular weight excluding hydrogens is 851 g/mol. The Morgan fingerprint density at radius 1 is 0.279 bits per heavy atom. The van der Waals surface area contributed by atoms with Gasteiger partial charge in [-0.25, -0.2) is 29.9 Å². The number of nitrogens with zero attached hydrogens (tertiary/aromatic N) is 7. The summed E-state index contributed by atoms with van der Waals surface area (Å²) in [5.74, 6) is 3.62. The molecule has 0 radical (unpaired) electrons. The van der Waals surface area contributed by atoms with Crippen LogP contribution >= 0.6 is 11.3 Å². The van der Waals surface area contributed by atoms with Crippen molar-refractivity contribution in [3.05, 3.63) is 224 Å². The first-order valence-electron chi connectivity index (χ1n) is 22.5. The Morgan fingerprint density at radius 3 is 1.32 bits per heavy atom. The zero-order valence-electron chi connectivity index (χ0n) is 36.4. The number of benzene rings is 9. The zero-order chi connectivity index (χ0) is 45.0. The van der Waals surface area contributed by atoms with Crippen molar-refractivity contribution >= 4 is 53.3 Å². The number of hydrogen-bond donors (Lipinski definition) is 0. The maximum atomic E-state index is 5.33. The third-order valence-electron chi connectivity index (χ3n) is 12.5. The molecule has 9 aromatic carbocycles.